The van der Waals surface area contributed by atoms with Crippen molar-refractivity contribution in [1.82, 2.24) is 14.9 Å². The number of H-pyrrole nitrogens is 1. The number of aromatic nitrogens is 3. The van der Waals surface area contributed by atoms with Crippen LogP contribution in [-0.4, -0.2) is 41.3 Å². The Balaban J connectivity index is 2.44. The number of aryl methyl sites for hydroxylation is 1. The zero-order valence-electron chi connectivity index (χ0n) is 13.1. The largest absolute Gasteiger partial charge is 0.493 e. The first-order valence-corrected chi connectivity index (χ1v) is 7.00. The molecule has 0 aliphatic heterocycles. The van der Waals surface area contributed by atoms with E-state index in [1.165, 1.54) is 25.8 Å². The van der Waals surface area contributed by atoms with Crippen molar-refractivity contribution in [3.05, 3.63) is 28.3 Å². The third-order valence-corrected chi connectivity index (χ3v) is 3.13. The van der Waals surface area contributed by atoms with E-state index in [0.29, 0.717) is 27.7 Å². The first kappa shape index (κ1) is 16.7. The molecule has 8 nitrogen and oxygen atoms in total. The number of nitrogens with zero attached hydrogens (tertiary/aromatic N) is 3. The highest BCUT2D eigenvalue weighted by atomic mass is 32.1. The maximum Gasteiger partial charge on any atom is 0.308 e. The number of hydrogen-bond acceptors (Lipinski definition) is 7. The maximum absolute atomic E-state index is 11.2. The van der Waals surface area contributed by atoms with Crippen molar-refractivity contribution in [2.24, 2.45) is 5.10 Å². The van der Waals surface area contributed by atoms with Crippen molar-refractivity contribution < 1.29 is 19.0 Å². The third kappa shape index (κ3) is 3.75. The fourth-order valence-electron chi connectivity index (χ4n) is 1.85. The number of rotatable bonds is 5. The minimum atomic E-state index is -0.469. The summed E-state index contributed by atoms with van der Waals surface area (Å²) in [4.78, 5) is 11.2. The summed E-state index contributed by atoms with van der Waals surface area (Å²) in [5, 5.41) is 10.9. The van der Waals surface area contributed by atoms with Gasteiger partial charge < -0.3 is 14.2 Å². The quantitative estimate of drug-likeness (QED) is 0.389. The van der Waals surface area contributed by atoms with Crippen LogP contribution in [0.3, 0.4) is 0 Å². The average molecular weight is 336 g/mol. The SMILES string of the molecule is COc1cc(/C=N\n2c(C)n[nH]c2=S)cc(OC)c1OC(C)=O. The van der Waals surface area contributed by atoms with Crippen molar-refractivity contribution in [2.45, 2.75) is 13.8 Å². The minimum absolute atomic E-state index is 0.218. The summed E-state index contributed by atoms with van der Waals surface area (Å²) in [6.07, 6.45) is 1.57. The predicted octanol–water partition coefficient (Wildman–Crippen LogP) is 2.07. The number of esters is 1. The topological polar surface area (TPSA) is 90.7 Å². The standard InChI is InChI=1S/C14H16N4O4S/c1-8-16-17-14(23)18(8)15-7-10-5-11(20-3)13(22-9(2)19)12(6-10)21-4/h5-7H,1-4H3,(H,17,23)/b15-7-. The molecule has 1 aromatic heterocycles. The highest BCUT2D eigenvalue weighted by Gasteiger charge is 2.15. The predicted molar refractivity (Wildman–Crippen MR) is 86.0 cm³/mol. The van der Waals surface area contributed by atoms with Crippen LogP contribution in [0.1, 0.15) is 18.3 Å². The van der Waals surface area contributed by atoms with E-state index in [4.69, 9.17) is 26.4 Å². The highest BCUT2D eigenvalue weighted by Crippen LogP contribution is 2.38. The first-order chi connectivity index (χ1) is 11.0. The second-order valence-corrected chi connectivity index (χ2v) is 4.87. The van der Waals surface area contributed by atoms with Crippen molar-refractivity contribution in [2.75, 3.05) is 14.2 Å². The second-order valence-electron chi connectivity index (χ2n) is 4.48. The van der Waals surface area contributed by atoms with Crippen LogP contribution in [0, 0.1) is 11.7 Å². The van der Waals surface area contributed by atoms with Gasteiger partial charge >= 0.3 is 5.97 Å². The molecule has 0 bridgehead atoms. The van der Waals surface area contributed by atoms with Gasteiger partial charge in [-0.1, -0.05) is 0 Å². The summed E-state index contributed by atoms with van der Waals surface area (Å²) in [5.41, 5.74) is 0.678. The van der Waals surface area contributed by atoms with Crippen LogP contribution in [0.4, 0.5) is 0 Å². The molecule has 0 saturated heterocycles. The molecule has 0 aliphatic rings. The van der Waals surface area contributed by atoms with E-state index in [1.54, 1.807) is 25.3 Å². The number of carbonyl (C=O) groups excluding carboxylic acids is 1. The molecule has 0 unspecified atom stereocenters. The van der Waals surface area contributed by atoms with Gasteiger partial charge in [-0.2, -0.15) is 14.9 Å². The number of benzene rings is 1. The molecular formula is C14H16N4O4S. The summed E-state index contributed by atoms with van der Waals surface area (Å²) >= 11 is 5.08. The lowest BCUT2D eigenvalue weighted by molar-refractivity contribution is -0.132. The van der Waals surface area contributed by atoms with Crippen LogP contribution < -0.4 is 14.2 Å². The number of methoxy groups -OCH3 is 2. The van der Waals surface area contributed by atoms with Crippen LogP contribution in [0.25, 0.3) is 0 Å². The molecule has 0 aliphatic carbocycles. The molecule has 2 aromatic rings. The summed E-state index contributed by atoms with van der Waals surface area (Å²) in [5.74, 6) is 1.09. The molecule has 122 valence electrons. The molecule has 0 saturated carbocycles. The minimum Gasteiger partial charge on any atom is -0.493 e. The van der Waals surface area contributed by atoms with E-state index in [9.17, 15) is 4.79 Å². The summed E-state index contributed by atoms with van der Waals surface area (Å²) < 4.78 is 17.5. The first-order valence-electron chi connectivity index (χ1n) is 6.59. The van der Waals surface area contributed by atoms with E-state index in [-0.39, 0.29) is 5.75 Å². The Morgan fingerprint density at radius 1 is 1.35 bits per heavy atom. The zero-order valence-corrected chi connectivity index (χ0v) is 13.9. The highest BCUT2D eigenvalue weighted by molar-refractivity contribution is 7.71. The molecule has 23 heavy (non-hydrogen) atoms. The Hall–Kier alpha value is -2.68. The molecule has 2 rings (SSSR count). The van der Waals surface area contributed by atoms with Gasteiger partial charge in [0.25, 0.3) is 0 Å². The van der Waals surface area contributed by atoms with Crippen LogP contribution in [0.2, 0.25) is 0 Å². The van der Waals surface area contributed by atoms with E-state index in [1.807, 2.05) is 0 Å². The van der Waals surface area contributed by atoms with Crippen molar-refractivity contribution in [3.8, 4) is 17.2 Å². The van der Waals surface area contributed by atoms with E-state index < -0.39 is 5.97 Å². The van der Waals surface area contributed by atoms with Gasteiger partial charge in [-0.3, -0.25) is 9.89 Å². The van der Waals surface area contributed by atoms with Gasteiger partial charge in [-0.05, 0) is 31.3 Å². The Kier molecular flexibility index (Phi) is 5.12. The average Bonchev–Trinajstić information content (AvgIpc) is 2.84. The lowest BCUT2D eigenvalue weighted by Gasteiger charge is -2.13. The number of carbonyl (C=O) groups is 1. The molecule has 9 heteroatoms. The molecule has 0 amide bonds. The van der Waals surface area contributed by atoms with Crippen LogP contribution >= 0.6 is 12.2 Å². The Morgan fingerprint density at radius 3 is 2.39 bits per heavy atom. The van der Waals surface area contributed by atoms with E-state index in [2.05, 4.69) is 15.3 Å². The lowest BCUT2D eigenvalue weighted by Crippen LogP contribution is -2.05. The van der Waals surface area contributed by atoms with Gasteiger partial charge in [-0.15, -0.1) is 0 Å². The Labute approximate surface area is 137 Å². The number of nitrogens with one attached hydrogen (secondary N) is 1. The van der Waals surface area contributed by atoms with Gasteiger partial charge in [0.15, 0.2) is 11.5 Å². The smallest absolute Gasteiger partial charge is 0.308 e. The molecule has 1 N–H and O–H groups in total. The second kappa shape index (κ2) is 7.05. The maximum atomic E-state index is 11.2. The van der Waals surface area contributed by atoms with Gasteiger partial charge in [0.05, 0.1) is 20.4 Å². The Bertz CT molecular complexity index is 784. The third-order valence-electron chi connectivity index (χ3n) is 2.86. The number of ether oxygens (including phenoxy) is 3. The van der Waals surface area contributed by atoms with E-state index >= 15 is 0 Å². The van der Waals surface area contributed by atoms with Crippen LogP contribution in [-0.2, 0) is 4.79 Å². The lowest BCUT2D eigenvalue weighted by atomic mass is 10.2. The van der Waals surface area contributed by atoms with Gasteiger partial charge in [-0.25, -0.2) is 0 Å². The molecule has 0 spiro atoms. The van der Waals surface area contributed by atoms with Crippen molar-refractivity contribution >= 4 is 24.4 Å². The van der Waals surface area contributed by atoms with Crippen LogP contribution in [0.15, 0.2) is 17.2 Å². The monoisotopic (exact) mass is 336 g/mol. The summed E-state index contributed by atoms with van der Waals surface area (Å²) in [6.45, 7) is 3.08. The summed E-state index contributed by atoms with van der Waals surface area (Å²) in [7, 11) is 2.94. The fraction of sp³-hybridized carbons (Fsp3) is 0.286. The van der Waals surface area contributed by atoms with Gasteiger partial charge in [0.2, 0.25) is 10.5 Å². The van der Waals surface area contributed by atoms with E-state index in [0.717, 1.165) is 0 Å². The molecule has 0 radical (unpaired) electrons. The molecule has 1 heterocycles. The number of hydrogen-bond donors (Lipinski definition) is 1. The fourth-order valence-corrected chi connectivity index (χ4v) is 2.07. The normalized spacial score (nSPS) is 10.8. The molecule has 0 fully saturated rings. The van der Waals surface area contributed by atoms with Crippen LogP contribution in [0.5, 0.6) is 17.2 Å². The number of aromatic amines is 1. The molecule has 1 aromatic carbocycles. The van der Waals surface area contributed by atoms with Crippen molar-refractivity contribution in [1.29, 1.82) is 0 Å². The molecule has 0 atom stereocenters. The Morgan fingerprint density at radius 2 is 1.96 bits per heavy atom. The van der Waals surface area contributed by atoms with Gasteiger partial charge in [0, 0.05) is 12.5 Å². The molecular weight excluding hydrogens is 320 g/mol. The van der Waals surface area contributed by atoms with Crippen molar-refractivity contribution in [3.63, 3.8) is 0 Å². The summed E-state index contributed by atoms with van der Waals surface area (Å²) in [6, 6.07) is 3.34. The zero-order chi connectivity index (χ0) is 17.0. The van der Waals surface area contributed by atoms with Gasteiger partial charge in [0.1, 0.15) is 5.82 Å².